The number of hydrogen-bond donors (Lipinski definition) is 1. The molecule has 1 aromatic carbocycles. The van der Waals surface area contributed by atoms with E-state index < -0.39 is 0 Å². The Morgan fingerprint density at radius 1 is 1.10 bits per heavy atom. The molecule has 2 rings (SSSR count). The second-order valence-corrected chi connectivity index (χ2v) is 5.93. The number of aromatic nitrogens is 2. The minimum atomic E-state index is 0.418. The fourth-order valence-electron chi connectivity index (χ4n) is 2.32. The topological polar surface area (TPSA) is 29.9 Å². The maximum absolute atomic E-state index is 4.36. The summed E-state index contributed by atoms with van der Waals surface area (Å²) in [6.45, 7) is 7.35. The van der Waals surface area contributed by atoms with Gasteiger partial charge in [0.15, 0.2) is 0 Å². The van der Waals surface area contributed by atoms with Crippen molar-refractivity contribution in [2.45, 2.75) is 59.0 Å². The summed E-state index contributed by atoms with van der Waals surface area (Å²) < 4.78 is 1.99. The molecule has 0 fully saturated rings. The van der Waals surface area contributed by atoms with Gasteiger partial charge in [0.2, 0.25) is 0 Å². The van der Waals surface area contributed by atoms with Gasteiger partial charge in [0, 0.05) is 30.0 Å². The number of unbranched alkanes of at least 4 members (excludes halogenated alkanes) is 2. The van der Waals surface area contributed by atoms with Crippen LogP contribution in [0.15, 0.2) is 36.7 Å². The molecule has 0 atom stereocenters. The lowest BCUT2D eigenvalue weighted by Gasteiger charge is -2.07. The Kier molecular flexibility index (Phi) is 5.85. The fraction of sp³-hybridized carbons (Fsp3) is 0.500. The number of anilines is 1. The van der Waals surface area contributed by atoms with Gasteiger partial charge in [0.05, 0.1) is 6.20 Å². The van der Waals surface area contributed by atoms with Gasteiger partial charge >= 0.3 is 0 Å². The van der Waals surface area contributed by atoms with Crippen LogP contribution in [0.25, 0.3) is 0 Å². The lowest BCUT2D eigenvalue weighted by atomic mass is 10.1. The van der Waals surface area contributed by atoms with Crippen molar-refractivity contribution in [1.82, 2.24) is 9.78 Å². The van der Waals surface area contributed by atoms with Crippen LogP contribution in [-0.4, -0.2) is 9.78 Å². The van der Waals surface area contributed by atoms with Crippen LogP contribution in [0.4, 0.5) is 5.69 Å². The average Bonchev–Trinajstić information content (AvgIpc) is 2.96. The fourth-order valence-corrected chi connectivity index (χ4v) is 2.32. The van der Waals surface area contributed by atoms with E-state index >= 15 is 0 Å². The molecule has 3 heteroatoms. The zero-order chi connectivity index (χ0) is 15.1. The molecular formula is C18H27N3. The lowest BCUT2D eigenvalue weighted by Crippen LogP contribution is -2.01. The van der Waals surface area contributed by atoms with Crippen molar-refractivity contribution in [3.63, 3.8) is 0 Å². The molecule has 114 valence electrons. The van der Waals surface area contributed by atoms with Crippen molar-refractivity contribution in [3.8, 4) is 0 Å². The summed E-state index contributed by atoms with van der Waals surface area (Å²) in [5.74, 6) is 0. The summed E-state index contributed by atoms with van der Waals surface area (Å²) in [6, 6.07) is 9.23. The van der Waals surface area contributed by atoms with Crippen LogP contribution < -0.4 is 5.32 Å². The second kappa shape index (κ2) is 7.87. The third-order valence-electron chi connectivity index (χ3n) is 3.70. The van der Waals surface area contributed by atoms with Gasteiger partial charge in [-0.15, -0.1) is 0 Å². The first-order valence-electron chi connectivity index (χ1n) is 8.05. The Morgan fingerprint density at radius 3 is 2.48 bits per heavy atom. The van der Waals surface area contributed by atoms with Crippen molar-refractivity contribution in [2.24, 2.45) is 0 Å². The molecular weight excluding hydrogens is 258 g/mol. The molecule has 21 heavy (non-hydrogen) atoms. The standard InChI is InChI=1S/C18H27N3/c1-4-5-6-7-16-8-10-18(11-9-16)19-12-17-13-20-21(14-17)15(2)3/h8-11,13-15,19H,4-7,12H2,1-3H3. The highest BCUT2D eigenvalue weighted by atomic mass is 15.3. The molecule has 1 N–H and O–H groups in total. The highest BCUT2D eigenvalue weighted by Crippen LogP contribution is 2.14. The van der Waals surface area contributed by atoms with Gasteiger partial charge in [0.1, 0.15) is 0 Å². The molecule has 1 heterocycles. The van der Waals surface area contributed by atoms with Gasteiger partial charge in [-0.1, -0.05) is 31.9 Å². The van der Waals surface area contributed by atoms with Crippen molar-refractivity contribution >= 4 is 5.69 Å². The summed E-state index contributed by atoms with van der Waals surface area (Å²) in [5.41, 5.74) is 3.82. The molecule has 0 aliphatic heterocycles. The van der Waals surface area contributed by atoms with Crippen LogP contribution in [-0.2, 0) is 13.0 Å². The Hall–Kier alpha value is -1.77. The van der Waals surface area contributed by atoms with E-state index in [1.165, 1.54) is 42.5 Å². The van der Waals surface area contributed by atoms with Crippen LogP contribution in [0.5, 0.6) is 0 Å². The van der Waals surface area contributed by atoms with E-state index in [1.54, 1.807) is 0 Å². The number of aryl methyl sites for hydroxylation is 1. The van der Waals surface area contributed by atoms with Crippen molar-refractivity contribution in [1.29, 1.82) is 0 Å². The van der Waals surface area contributed by atoms with E-state index in [2.05, 4.69) is 61.6 Å². The number of hydrogen-bond acceptors (Lipinski definition) is 2. The van der Waals surface area contributed by atoms with Crippen LogP contribution >= 0.6 is 0 Å². The Bertz CT molecular complexity index is 526. The molecule has 0 aliphatic rings. The highest BCUT2D eigenvalue weighted by Gasteiger charge is 2.01. The summed E-state index contributed by atoms with van der Waals surface area (Å²) in [6.07, 6.45) is 9.12. The molecule has 0 aliphatic carbocycles. The van der Waals surface area contributed by atoms with Crippen LogP contribution in [0, 0.1) is 0 Å². The molecule has 2 aromatic rings. The zero-order valence-electron chi connectivity index (χ0n) is 13.5. The molecule has 0 unspecified atom stereocenters. The summed E-state index contributed by atoms with van der Waals surface area (Å²) in [7, 11) is 0. The maximum atomic E-state index is 4.36. The van der Waals surface area contributed by atoms with E-state index in [0.717, 1.165) is 6.54 Å². The number of benzene rings is 1. The second-order valence-electron chi connectivity index (χ2n) is 5.93. The normalized spacial score (nSPS) is 11.0. The molecule has 0 spiro atoms. The summed E-state index contributed by atoms with van der Waals surface area (Å²) in [4.78, 5) is 0. The van der Waals surface area contributed by atoms with Crippen LogP contribution in [0.2, 0.25) is 0 Å². The van der Waals surface area contributed by atoms with Crippen molar-refractivity contribution in [2.75, 3.05) is 5.32 Å². The molecule has 0 saturated carbocycles. The lowest BCUT2D eigenvalue weighted by molar-refractivity contribution is 0.532. The summed E-state index contributed by atoms with van der Waals surface area (Å²) in [5, 5.41) is 7.81. The first kappa shape index (κ1) is 15.6. The number of nitrogens with one attached hydrogen (secondary N) is 1. The molecule has 0 amide bonds. The smallest absolute Gasteiger partial charge is 0.0539 e. The molecule has 0 radical (unpaired) electrons. The predicted molar refractivity (Wildman–Crippen MR) is 89.6 cm³/mol. The number of rotatable bonds is 8. The van der Waals surface area contributed by atoms with E-state index in [0.29, 0.717) is 6.04 Å². The molecule has 0 bridgehead atoms. The Balaban J connectivity index is 1.82. The SMILES string of the molecule is CCCCCc1ccc(NCc2cnn(C(C)C)c2)cc1. The van der Waals surface area contributed by atoms with Crippen molar-refractivity contribution < 1.29 is 0 Å². The predicted octanol–water partition coefficient (Wildman–Crippen LogP) is 4.81. The van der Waals surface area contributed by atoms with E-state index in [9.17, 15) is 0 Å². The number of nitrogens with zero attached hydrogens (tertiary/aromatic N) is 2. The first-order valence-corrected chi connectivity index (χ1v) is 8.05. The quantitative estimate of drug-likeness (QED) is 0.705. The third-order valence-corrected chi connectivity index (χ3v) is 3.70. The van der Waals surface area contributed by atoms with Crippen LogP contribution in [0.1, 0.15) is 57.2 Å². The summed E-state index contributed by atoms with van der Waals surface area (Å²) >= 11 is 0. The zero-order valence-corrected chi connectivity index (χ0v) is 13.5. The average molecular weight is 285 g/mol. The van der Waals surface area contributed by atoms with E-state index in [4.69, 9.17) is 0 Å². The van der Waals surface area contributed by atoms with E-state index in [-0.39, 0.29) is 0 Å². The van der Waals surface area contributed by atoms with Crippen LogP contribution in [0.3, 0.4) is 0 Å². The van der Waals surface area contributed by atoms with E-state index in [1.807, 2.05) is 10.9 Å². The largest absolute Gasteiger partial charge is 0.381 e. The highest BCUT2D eigenvalue weighted by molar-refractivity contribution is 5.45. The monoisotopic (exact) mass is 285 g/mol. The molecule has 1 aromatic heterocycles. The van der Waals surface area contributed by atoms with Gasteiger partial charge in [0.25, 0.3) is 0 Å². The van der Waals surface area contributed by atoms with Gasteiger partial charge in [-0.25, -0.2) is 0 Å². The maximum Gasteiger partial charge on any atom is 0.0539 e. The molecule has 3 nitrogen and oxygen atoms in total. The van der Waals surface area contributed by atoms with Gasteiger partial charge in [-0.05, 0) is 44.4 Å². The minimum absolute atomic E-state index is 0.418. The first-order chi connectivity index (χ1) is 10.2. The minimum Gasteiger partial charge on any atom is -0.381 e. The Labute approximate surface area is 128 Å². The van der Waals surface area contributed by atoms with Gasteiger partial charge < -0.3 is 5.32 Å². The van der Waals surface area contributed by atoms with Gasteiger partial charge in [-0.2, -0.15) is 5.10 Å². The Morgan fingerprint density at radius 2 is 1.86 bits per heavy atom. The van der Waals surface area contributed by atoms with Gasteiger partial charge in [-0.3, -0.25) is 4.68 Å². The van der Waals surface area contributed by atoms with Crippen molar-refractivity contribution in [3.05, 3.63) is 47.8 Å². The molecule has 0 saturated heterocycles. The third kappa shape index (κ3) is 4.92.